The van der Waals surface area contributed by atoms with Crippen molar-refractivity contribution in [2.45, 2.75) is 26.7 Å². The molecular formula is C23H25NOZr-. The summed E-state index contributed by atoms with van der Waals surface area (Å²) in [4.78, 5) is 4.01. The van der Waals surface area contributed by atoms with Gasteiger partial charge in [0.25, 0.3) is 0 Å². The van der Waals surface area contributed by atoms with Gasteiger partial charge in [-0.15, -0.1) is 0 Å². The Kier molecular flexibility index (Phi) is 15.6. The molecule has 0 bridgehead atoms. The molecule has 26 heavy (non-hydrogen) atoms. The molecule has 0 saturated carbocycles. The first-order valence-electron chi connectivity index (χ1n) is 8.52. The maximum atomic E-state index is 11.7. The van der Waals surface area contributed by atoms with Gasteiger partial charge in [0.15, 0.2) is 0 Å². The SMILES string of the molecule is CC[C]=C(CC)C([O-])=Nc1ccccc1.[CH]1C=CC=C1.[CH]1C=CC=C1.[Zr]. The Bertz CT molecular complexity index is 610. The summed E-state index contributed by atoms with van der Waals surface area (Å²) in [5, 5.41) is 11.7. The number of nitrogens with zero attached hydrogens (tertiary/aromatic N) is 1. The molecule has 1 aromatic rings. The van der Waals surface area contributed by atoms with Crippen LogP contribution in [0.2, 0.25) is 0 Å². The summed E-state index contributed by atoms with van der Waals surface area (Å²) < 4.78 is 0. The van der Waals surface area contributed by atoms with Gasteiger partial charge in [0.1, 0.15) is 0 Å². The first kappa shape index (κ1) is 24.3. The van der Waals surface area contributed by atoms with E-state index in [1.165, 1.54) is 0 Å². The molecule has 0 aliphatic heterocycles. The summed E-state index contributed by atoms with van der Waals surface area (Å²) in [6, 6.07) is 9.27. The van der Waals surface area contributed by atoms with Crippen LogP contribution in [0.4, 0.5) is 5.69 Å². The molecule has 2 aliphatic rings. The van der Waals surface area contributed by atoms with Crippen molar-refractivity contribution in [2.75, 3.05) is 0 Å². The Morgan fingerprint density at radius 1 is 0.846 bits per heavy atom. The molecule has 0 unspecified atom stereocenters. The van der Waals surface area contributed by atoms with Gasteiger partial charge in [-0.3, -0.25) is 4.99 Å². The van der Waals surface area contributed by atoms with Crippen molar-refractivity contribution in [2.24, 2.45) is 4.99 Å². The Hall–Kier alpha value is -1.73. The minimum atomic E-state index is -0.175. The molecule has 0 spiro atoms. The van der Waals surface area contributed by atoms with Crippen LogP contribution in [0.25, 0.3) is 0 Å². The molecule has 0 fully saturated rings. The Balaban J connectivity index is 0.000000460. The second kappa shape index (κ2) is 16.7. The van der Waals surface area contributed by atoms with E-state index in [1.54, 1.807) is 0 Å². The third-order valence-electron chi connectivity index (χ3n) is 3.10. The third-order valence-corrected chi connectivity index (χ3v) is 3.10. The standard InChI is InChI=1S/C13H16NO.2C5H5.Zr/c1-3-8-11(4-2)13(15)14-12-9-6-5-7-10-12;2*1-2-4-5-3-1;/h5-7,9-10H,3-4H2,1-2H3,(H,14,15);2*1-5H;/p-1. The Morgan fingerprint density at radius 2 is 1.35 bits per heavy atom. The van der Waals surface area contributed by atoms with Gasteiger partial charge in [0, 0.05) is 39.0 Å². The smallest absolute Gasteiger partial charge is 0.0622 e. The Labute approximate surface area is 177 Å². The van der Waals surface area contributed by atoms with Crippen LogP contribution in [0, 0.1) is 18.9 Å². The maximum absolute atomic E-state index is 11.7. The molecule has 3 heteroatoms. The van der Waals surface area contributed by atoms with Crippen molar-refractivity contribution < 1.29 is 31.3 Å². The van der Waals surface area contributed by atoms with Crippen molar-refractivity contribution in [3.8, 4) is 0 Å². The van der Waals surface area contributed by atoms with Gasteiger partial charge in [0.2, 0.25) is 0 Å². The van der Waals surface area contributed by atoms with Crippen LogP contribution < -0.4 is 5.11 Å². The van der Waals surface area contributed by atoms with E-state index in [1.807, 2.05) is 106 Å². The summed E-state index contributed by atoms with van der Waals surface area (Å²) in [6.07, 6.45) is 24.5. The van der Waals surface area contributed by atoms with Gasteiger partial charge < -0.3 is 5.11 Å². The predicted molar refractivity (Wildman–Crippen MR) is 106 cm³/mol. The van der Waals surface area contributed by atoms with E-state index in [-0.39, 0.29) is 32.1 Å². The van der Waals surface area contributed by atoms with Crippen molar-refractivity contribution in [3.05, 3.63) is 103 Å². The second-order valence-corrected chi connectivity index (χ2v) is 5.04. The van der Waals surface area contributed by atoms with Gasteiger partial charge in [-0.2, -0.15) is 0 Å². The minimum absolute atomic E-state index is 0. The number of rotatable bonds is 4. The van der Waals surface area contributed by atoms with Crippen LogP contribution in [0.1, 0.15) is 26.7 Å². The number of benzene rings is 1. The van der Waals surface area contributed by atoms with Crippen LogP contribution in [-0.4, -0.2) is 5.90 Å². The number of para-hydroxylation sites is 1. The molecule has 133 valence electrons. The van der Waals surface area contributed by atoms with E-state index in [9.17, 15) is 5.11 Å². The van der Waals surface area contributed by atoms with Gasteiger partial charge in [0.05, 0.1) is 5.69 Å². The first-order chi connectivity index (χ1) is 12.3. The van der Waals surface area contributed by atoms with Crippen LogP contribution >= 0.6 is 0 Å². The zero-order chi connectivity index (χ0) is 18.2. The van der Waals surface area contributed by atoms with E-state index in [2.05, 4.69) is 11.1 Å². The molecule has 0 atom stereocenters. The number of hydrogen-bond acceptors (Lipinski definition) is 2. The molecule has 3 radical (unpaired) electrons. The molecule has 0 amide bonds. The molecule has 0 saturated heterocycles. The van der Waals surface area contributed by atoms with Crippen LogP contribution in [0.5, 0.6) is 0 Å². The number of allylic oxidation sites excluding steroid dienone is 9. The van der Waals surface area contributed by atoms with Gasteiger partial charge in [-0.1, -0.05) is 80.7 Å². The van der Waals surface area contributed by atoms with Crippen molar-refractivity contribution in [3.63, 3.8) is 0 Å². The van der Waals surface area contributed by atoms with Gasteiger partial charge in [-0.25, -0.2) is 0 Å². The summed E-state index contributed by atoms with van der Waals surface area (Å²) in [7, 11) is 0. The van der Waals surface area contributed by atoms with E-state index < -0.39 is 0 Å². The molecule has 2 aliphatic carbocycles. The van der Waals surface area contributed by atoms with E-state index >= 15 is 0 Å². The maximum Gasteiger partial charge on any atom is 0.0622 e. The van der Waals surface area contributed by atoms with Crippen LogP contribution in [0.3, 0.4) is 0 Å². The number of hydrogen-bond donors (Lipinski definition) is 0. The minimum Gasteiger partial charge on any atom is -0.858 e. The molecule has 3 rings (SSSR count). The zero-order valence-corrected chi connectivity index (χ0v) is 17.9. The summed E-state index contributed by atoms with van der Waals surface area (Å²) in [5.41, 5.74) is 1.37. The van der Waals surface area contributed by atoms with E-state index in [4.69, 9.17) is 0 Å². The largest absolute Gasteiger partial charge is 0.858 e. The van der Waals surface area contributed by atoms with Crippen molar-refractivity contribution >= 4 is 11.6 Å². The average molecular weight is 423 g/mol. The monoisotopic (exact) mass is 421 g/mol. The normalized spacial score (nSPS) is 14.2. The first-order valence-corrected chi connectivity index (χ1v) is 8.52. The van der Waals surface area contributed by atoms with Crippen LogP contribution in [0.15, 0.2) is 89.5 Å². The fourth-order valence-electron chi connectivity index (χ4n) is 1.89. The van der Waals surface area contributed by atoms with Gasteiger partial charge in [-0.05, 0) is 42.5 Å². The quantitative estimate of drug-likeness (QED) is 0.482. The van der Waals surface area contributed by atoms with E-state index in [0.29, 0.717) is 17.7 Å². The molecular weight excluding hydrogens is 397 g/mol. The fraction of sp³-hybridized carbons (Fsp3) is 0.174. The molecule has 1 aromatic carbocycles. The topological polar surface area (TPSA) is 35.4 Å². The Morgan fingerprint density at radius 3 is 1.69 bits per heavy atom. The summed E-state index contributed by atoms with van der Waals surface area (Å²) in [5.74, 6) is -0.175. The molecule has 0 heterocycles. The average Bonchev–Trinajstić information content (AvgIpc) is 3.39. The third kappa shape index (κ3) is 11.8. The van der Waals surface area contributed by atoms with Crippen molar-refractivity contribution in [1.82, 2.24) is 0 Å². The summed E-state index contributed by atoms with van der Waals surface area (Å²) >= 11 is 0. The zero-order valence-electron chi connectivity index (χ0n) is 15.4. The fourth-order valence-corrected chi connectivity index (χ4v) is 1.89. The molecule has 0 aromatic heterocycles. The molecule has 2 nitrogen and oxygen atoms in total. The van der Waals surface area contributed by atoms with Crippen LogP contribution in [-0.2, 0) is 26.2 Å². The van der Waals surface area contributed by atoms with Gasteiger partial charge >= 0.3 is 0 Å². The predicted octanol–water partition coefficient (Wildman–Crippen LogP) is 5.26. The molecule has 0 N–H and O–H groups in total. The van der Waals surface area contributed by atoms with E-state index in [0.717, 1.165) is 6.42 Å². The van der Waals surface area contributed by atoms with Crippen molar-refractivity contribution in [1.29, 1.82) is 0 Å². The number of aliphatic imine (C=N–C) groups is 1. The summed E-state index contributed by atoms with van der Waals surface area (Å²) in [6.45, 7) is 3.90. The second-order valence-electron chi connectivity index (χ2n) is 5.04.